The molecule has 0 amide bonds. The molecule has 0 bridgehead atoms. The zero-order valence-corrected chi connectivity index (χ0v) is 13.4. The van der Waals surface area contributed by atoms with Crippen LogP contribution in [0.2, 0.25) is 5.02 Å². The van der Waals surface area contributed by atoms with Gasteiger partial charge in [-0.2, -0.15) is 5.26 Å². The Morgan fingerprint density at radius 1 is 1.24 bits per heavy atom. The maximum Gasteiger partial charge on any atom is 0.263 e. The Hall–Kier alpha value is -1.62. The molecule has 0 heterocycles. The summed E-state index contributed by atoms with van der Waals surface area (Å²) in [4.78, 5) is -0.289. The maximum absolute atomic E-state index is 13.6. The molecular formula is C13H7BrClFN2O2S. The lowest BCUT2D eigenvalue weighted by atomic mass is 10.2. The van der Waals surface area contributed by atoms with E-state index in [-0.39, 0.29) is 21.2 Å². The molecule has 108 valence electrons. The number of halogens is 3. The lowest BCUT2D eigenvalue weighted by Gasteiger charge is -2.10. The number of nitriles is 1. The van der Waals surface area contributed by atoms with Crippen LogP contribution in [0.25, 0.3) is 0 Å². The number of rotatable bonds is 3. The van der Waals surface area contributed by atoms with Crippen LogP contribution < -0.4 is 4.72 Å². The van der Waals surface area contributed by atoms with Gasteiger partial charge in [0.15, 0.2) is 0 Å². The van der Waals surface area contributed by atoms with Gasteiger partial charge in [0.2, 0.25) is 0 Å². The van der Waals surface area contributed by atoms with Gasteiger partial charge in [0.05, 0.1) is 22.3 Å². The van der Waals surface area contributed by atoms with E-state index >= 15 is 0 Å². The van der Waals surface area contributed by atoms with Crippen molar-refractivity contribution in [3.05, 3.63) is 57.3 Å². The summed E-state index contributed by atoms with van der Waals surface area (Å²) in [5.41, 5.74) is -0.0858. The van der Waals surface area contributed by atoms with Crippen LogP contribution in [0.3, 0.4) is 0 Å². The second kappa shape index (κ2) is 6.02. The summed E-state index contributed by atoms with van der Waals surface area (Å²) in [5.74, 6) is -0.727. The van der Waals surface area contributed by atoms with Gasteiger partial charge >= 0.3 is 0 Å². The summed E-state index contributed by atoms with van der Waals surface area (Å²) in [6.45, 7) is 0. The Morgan fingerprint density at radius 2 is 1.95 bits per heavy atom. The zero-order chi connectivity index (χ0) is 15.6. The van der Waals surface area contributed by atoms with Crippen LogP contribution in [-0.2, 0) is 10.0 Å². The van der Waals surface area contributed by atoms with E-state index in [2.05, 4.69) is 20.7 Å². The Morgan fingerprint density at radius 3 is 2.62 bits per heavy atom. The van der Waals surface area contributed by atoms with Gasteiger partial charge in [0.1, 0.15) is 10.7 Å². The largest absolute Gasteiger partial charge is 0.277 e. The Bertz CT molecular complexity index is 850. The SMILES string of the molecule is N#Cc1ccc(Cl)c(S(=O)(=O)Nc2cc(Br)ccc2F)c1. The monoisotopic (exact) mass is 388 g/mol. The van der Waals surface area contributed by atoms with Crippen LogP contribution >= 0.6 is 27.5 Å². The predicted octanol–water partition coefficient (Wildman–Crippen LogP) is 3.91. The minimum Gasteiger partial charge on any atom is -0.277 e. The maximum atomic E-state index is 13.6. The molecule has 0 fully saturated rings. The smallest absolute Gasteiger partial charge is 0.263 e. The summed E-state index contributed by atoms with van der Waals surface area (Å²) in [6.07, 6.45) is 0. The first-order chi connectivity index (χ1) is 9.83. The Balaban J connectivity index is 2.48. The molecule has 0 aromatic heterocycles. The molecule has 8 heteroatoms. The van der Waals surface area contributed by atoms with Gasteiger partial charge in [0, 0.05) is 4.47 Å². The van der Waals surface area contributed by atoms with Gasteiger partial charge in [0.25, 0.3) is 10.0 Å². The van der Waals surface area contributed by atoms with E-state index < -0.39 is 15.8 Å². The number of nitrogens with one attached hydrogen (secondary N) is 1. The highest BCUT2D eigenvalue weighted by molar-refractivity contribution is 9.10. The van der Waals surface area contributed by atoms with Crippen molar-refractivity contribution in [1.29, 1.82) is 5.26 Å². The van der Waals surface area contributed by atoms with Crippen molar-refractivity contribution < 1.29 is 12.8 Å². The second-order valence-electron chi connectivity index (χ2n) is 3.99. The third-order valence-electron chi connectivity index (χ3n) is 2.52. The lowest BCUT2D eigenvalue weighted by molar-refractivity contribution is 0.598. The summed E-state index contributed by atoms with van der Waals surface area (Å²) >= 11 is 8.97. The van der Waals surface area contributed by atoms with Crippen molar-refractivity contribution in [1.82, 2.24) is 0 Å². The number of nitrogens with zero attached hydrogens (tertiary/aromatic N) is 1. The molecule has 2 aromatic rings. The molecule has 0 aliphatic rings. The second-order valence-corrected chi connectivity index (χ2v) is 6.96. The minimum absolute atomic E-state index is 0.0584. The first-order valence-electron chi connectivity index (χ1n) is 5.51. The normalized spacial score (nSPS) is 11.0. The van der Waals surface area contributed by atoms with Gasteiger partial charge in [-0.25, -0.2) is 12.8 Å². The molecule has 4 nitrogen and oxygen atoms in total. The van der Waals surface area contributed by atoms with Gasteiger partial charge < -0.3 is 0 Å². The van der Waals surface area contributed by atoms with E-state index in [4.69, 9.17) is 16.9 Å². The Labute approximate surface area is 134 Å². The molecule has 0 radical (unpaired) electrons. The fraction of sp³-hybridized carbons (Fsp3) is 0. The highest BCUT2D eigenvalue weighted by Crippen LogP contribution is 2.27. The van der Waals surface area contributed by atoms with Crippen LogP contribution in [0, 0.1) is 17.1 Å². The summed E-state index contributed by atoms with van der Waals surface area (Å²) in [7, 11) is -4.11. The number of sulfonamides is 1. The van der Waals surface area contributed by atoms with Crippen LogP contribution in [0.1, 0.15) is 5.56 Å². The molecule has 0 aliphatic heterocycles. The molecule has 0 saturated carbocycles. The fourth-order valence-corrected chi connectivity index (χ4v) is 3.50. The molecule has 0 aliphatic carbocycles. The van der Waals surface area contributed by atoms with Gasteiger partial charge in [-0.3, -0.25) is 4.72 Å². The summed E-state index contributed by atoms with van der Waals surface area (Å²) in [6, 6.07) is 9.48. The van der Waals surface area contributed by atoms with Crippen LogP contribution in [0.5, 0.6) is 0 Å². The van der Waals surface area contributed by atoms with E-state index in [1.165, 1.54) is 24.3 Å². The molecule has 0 spiro atoms. The standard InChI is InChI=1S/C13H7BrClFN2O2S/c14-9-2-4-11(16)12(6-9)18-21(19,20)13-5-8(7-17)1-3-10(13)15/h1-6,18H. The molecule has 2 rings (SSSR count). The molecule has 0 saturated heterocycles. The number of benzene rings is 2. The van der Waals surface area contributed by atoms with Gasteiger partial charge in [-0.15, -0.1) is 0 Å². The third-order valence-corrected chi connectivity index (χ3v) is 4.86. The average Bonchev–Trinajstić information content (AvgIpc) is 2.43. The molecule has 21 heavy (non-hydrogen) atoms. The topological polar surface area (TPSA) is 70.0 Å². The van der Waals surface area contributed by atoms with Gasteiger partial charge in [-0.1, -0.05) is 27.5 Å². The molecule has 0 atom stereocenters. The van der Waals surface area contributed by atoms with Crippen LogP contribution in [0.15, 0.2) is 45.8 Å². The summed E-state index contributed by atoms with van der Waals surface area (Å²) < 4.78 is 40.8. The summed E-state index contributed by atoms with van der Waals surface area (Å²) in [5, 5.41) is 8.76. The van der Waals surface area contributed by atoms with Crippen molar-refractivity contribution in [2.45, 2.75) is 4.90 Å². The van der Waals surface area contributed by atoms with Crippen molar-refractivity contribution >= 4 is 43.2 Å². The molecular weight excluding hydrogens is 383 g/mol. The number of anilines is 1. The van der Waals surface area contributed by atoms with Crippen molar-refractivity contribution in [2.75, 3.05) is 4.72 Å². The quantitative estimate of drug-likeness (QED) is 0.865. The number of hydrogen-bond acceptors (Lipinski definition) is 3. The van der Waals surface area contributed by atoms with Crippen molar-refractivity contribution in [3.8, 4) is 6.07 Å². The Kier molecular flexibility index (Phi) is 4.52. The molecule has 0 unspecified atom stereocenters. The number of hydrogen-bond donors (Lipinski definition) is 1. The van der Waals surface area contributed by atoms with Crippen molar-refractivity contribution in [3.63, 3.8) is 0 Å². The average molecular weight is 390 g/mol. The first kappa shape index (κ1) is 15.8. The zero-order valence-electron chi connectivity index (χ0n) is 10.3. The van der Waals surface area contributed by atoms with Crippen molar-refractivity contribution in [2.24, 2.45) is 0 Å². The van der Waals surface area contributed by atoms with Crippen LogP contribution in [0.4, 0.5) is 10.1 Å². The van der Waals surface area contributed by atoms with E-state index in [0.29, 0.717) is 4.47 Å². The van der Waals surface area contributed by atoms with E-state index in [9.17, 15) is 12.8 Å². The minimum atomic E-state index is -4.11. The van der Waals surface area contributed by atoms with Crippen LogP contribution in [-0.4, -0.2) is 8.42 Å². The van der Waals surface area contributed by atoms with Gasteiger partial charge in [-0.05, 0) is 36.4 Å². The highest BCUT2D eigenvalue weighted by Gasteiger charge is 2.20. The first-order valence-corrected chi connectivity index (χ1v) is 8.16. The molecule has 1 N–H and O–H groups in total. The predicted molar refractivity (Wildman–Crippen MR) is 81.1 cm³/mol. The van der Waals surface area contributed by atoms with E-state index in [1.807, 2.05) is 6.07 Å². The third kappa shape index (κ3) is 3.53. The fourth-order valence-electron chi connectivity index (χ4n) is 1.55. The molecule has 2 aromatic carbocycles. The van der Waals surface area contributed by atoms with E-state index in [0.717, 1.165) is 12.1 Å². The highest BCUT2D eigenvalue weighted by atomic mass is 79.9. The van der Waals surface area contributed by atoms with E-state index in [1.54, 1.807) is 0 Å². The lowest BCUT2D eigenvalue weighted by Crippen LogP contribution is -2.14.